The van der Waals surface area contributed by atoms with E-state index in [1.807, 2.05) is 6.92 Å². The van der Waals surface area contributed by atoms with Crippen LogP contribution in [0.4, 0.5) is 0 Å². The van der Waals surface area contributed by atoms with Gasteiger partial charge in [-0.1, -0.05) is 11.6 Å². The maximum absolute atomic E-state index is 5.72. The second-order valence-electron chi connectivity index (χ2n) is 5.14. The molecule has 5 heteroatoms. The number of ether oxygens (including phenoxy) is 1. The fourth-order valence-corrected chi connectivity index (χ4v) is 2.61. The number of hydrogen-bond acceptors (Lipinski definition) is 5. The van der Waals surface area contributed by atoms with Gasteiger partial charge in [-0.3, -0.25) is 0 Å². The average Bonchev–Trinajstić information content (AvgIpc) is 2.99. The minimum atomic E-state index is -0.337. The zero-order chi connectivity index (χ0) is 11.7. The summed E-state index contributed by atoms with van der Waals surface area (Å²) >= 11 is 0. The van der Waals surface area contributed by atoms with Gasteiger partial charge >= 0.3 is 0 Å². The zero-order valence-electron chi connectivity index (χ0n) is 10.2. The van der Waals surface area contributed by atoms with Gasteiger partial charge in [0.1, 0.15) is 5.60 Å². The first kappa shape index (κ1) is 11.2. The highest BCUT2D eigenvalue weighted by atomic mass is 16.5. The maximum Gasteiger partial charge on any atom is 0.243 e. The first-order valence-electron chi connectivity index (χ1n) is 6.49. The van der Waals surface area contributed by atoms with Crippen LogP contribution in [0.15, 0.2) is 4.52 Å². The summed E-state index contributed by atoms with van der Waals surface area (Å²) in [5.74, 6) is 1.42. The van der Waals surface area contributed by atoms with Crippen LogP contribution in [0.1, 0.15) is 56.8 Å². The number of nitrogens with zero attached hydrogens (tertiary/aromatic N) is 2. The van der Waals surface area contributed by atoms with E-state index in [-0.39, 0.29) is 11.6 Å². The van der Waals surface area contributed by atoms with Crippen molar-refractivity contribution in [2.75, 3.05) is 13.2 Å². The highest BCUT2D eigenvalue weighted by molar-refractivity contribution is 5.03. The third kappa shape index (κ3) is 2.09. The van der Waals surface area contributed by atoms with Crippen LogP contribution in [-0.4, -0.2) is 23.3 Å². The molecule has 2 saturated heterocycles. The minimum absolute atomic E-state index is 0.231. The van der Waals surface area contributed by atoms with Crippen molar-refractivity contribution in [1.82, 2.24) is 15.5 Å². The molecule has 3 rings (SSSR count). The molecule has 2 fully saturated rings. The van der Waals surface area contributed by atoms with Crippen molar-refractivity contribution in [1.29, 1.82) is 0 Å². The Balaban J connectivity index is 1.77. The highest BCUT2D eigenvalue weighted by Crippen LogP contribution is 2.34. The van der Waals surface area contributed by atoms with E-state index in [1.54, 1.807) is 0 Å². The largest absolute Gasteiger partial charge is 0.367 e. The molecule has 0 amide bonds. The standard InChI is InChI=1S/C12H19N3O2/c1-12(6-4-8-16-12)11-14-10(17-15-11)9-5-2-3-7-13-9/h9,13H,2-8H2,1H3/t9-,12?/m0/s1. The van der Waals surface area contributed by atoms with Crippen LogP contribution < -0.4 is 5.32 Å². The van der Waals surface area contributed by atoms with Gasteiger partial charge in [-0.25, -0.2) is 0 Å². The lowest BCUT2D eigenvalue weighted by molar-refractivity contribution is 0.00768. The zero-order valence-corrected chi connectivity index (χ0v) is 10.2. The quantitative estimate of drug-likeness (QED) is 0.851. The third-order valence-electron chi connectivity index (χ3n) is 3.74. The predicted octanol–water partition coefficient (Wildman–Crippen LogP) is 1.91. The lowest BCUT2D eigenvalue weighted by Crippen LogP contribution is -2.27. The molecule has 2 atom stereocenters. The molecule has 0 aromatic carbocycles. The summed E-state index contributed by atoms with van der Waals surface area (Å²) < 4.78 is 11.1. The Bertz CT molecular complexity index is 379. The molecule has 1 aromatic heterocycles. The number of piperidine rings is 1. The third-order valence-corrected chi connectivity index (χ3v) is 3.74. The maximum atomic E-state index is 5.72. The van der Waals surface area contributed by atoms with Crippen LogP contribution in [0.5, 0.6) is 0 Å². The van der Waals surface area contributed by atoms with Crippen molar-refractivity contribution in [3.8, 4) is 0 Å². The predicted molar refractivity (Wildman–Crippen MR) is 61.4 cm³/mol. The molecule has 1 aromatic rings. The van der Waals surface area contributed by atoms with Crippen molar-refractivity contribution in [3.05, 3.63) is 11.7 Å². The van der Waals surface area contributed by atoms with E-state index < -0.39 is 0 Å². The van der Waals surface area contributed by atoms with Gasteiger partial charge in [-0.15, -0.1) is 0 Å². The molecule has 1 N–H and O–H groups in total. The smallest absolute Gasteiger partial charge is 0.243 e. The number of hydrogen-bond donors (Lipinski definition) is 1. The second kappa shape index (κ2) is 4.38. The van der Waals surface area contributed by atoms with Crippen LogP contribution in [-0.2, 0) is 10.3 Å². The molecule has 0 spiro atoms. The molecule has 17 heavy (non-hydrogen) atoms. The van der Waals surface area contributed by atoms with E-state index in [1.165, 1.54) is 12.8 Å². The van der Waals surface area contributed by atoms with Gasteiger partial charge in [-0.05, 0) is 39.2 Å². The molecular weight excluding hydrogens is 218 g/mol. The molecule has 2 aliphatic heterocycles. The molecule has 94 valence electrons. The Morgan fingerprint density at radius 3 is 3.00 bits per heavy atom. The van der Waals surface area contributed by atoms with Crippen molar-refractivity contribution >= 4 is 0 Å². The van der Waals surface area contributed by atoms with Gasteiger partial charge < -0.3 is 14.6 Å². The Hall–Kier alpha value is -0.940. The summed E-state index contributed by atoms with van der Waals surface area (Å²) in [5.41, 5.74) is -0.337. The van der Waals surface area contributed by atoms with Gasteiger partial charge in [0.05, 0.1) is 6.04 Å². The first-order valence-corrected chi connectivity index (χ1v) is 6.49. The van der Waals surface area contributed by atoms with E-state index in [2.05, 4.69) is 15.5 Å². The molecule has 0 saturated carbocycles. The van der Waals surface area contributed by atoms with E-state index in [0.717, 1.165) is 38.3 Å². The molecule has 2 aliphatic rings. The normalized spacial score (nSPS) is 34.1. The lowest BCUT2D eigenvalue weighted by atomic mass is 10.0. The summed E-state index contributed by atoms with van der Waals surface area (Å²) in [6.45, 7) is 3.88. The Morgan fingerprint density at radius 2 is 2.29 bits per heavy atom. The van der Waals surface area contributed by atoms with E-state index in [0.29, 0.717) is 5.82 Å². The summed E-state index contributed by atoms with van der Waals surface area (Å²) in [5, 5.41) is 7.51. The molecule has 1 unspecified atom stereocenters. The van der Waals surface area contributed by atoms with Gasteiger partial charge in [0.25, 0.3) is 0 Å². The van der Waals surface area contributed by atoms with Crippen molar-refractivity contribution < 1.29 is 9.26 Å². The average molecular weight is 237 g/mol. The first-order chi connectivity index (χ1) is 8.28. The topological polar surface area (TPSA) is 60.2 Å². The van der Waals surface area contributed by atoms with Crippen LogP contribution in [0.2, 0.25) is 0 Å². The van der Waals surface area contributed by atoms with Gasteiger partial charge in [0.2, 0.25) is 11.7 Å². The summed E-state index contributed by atoms with van der Waals surface area (Å²) in [4.78, 5) is 4.52. The van der Waals surface area contributed by atoms with Gasteiger partial charge in [0, 0.05) is 6.61 Å². The second-order valence-corrected chi connectivity index (χ2v) is 5.14. The molecule has 0 bridgehead atoms. The monoisotopic (exact) mass is 237 g/mol. The fraction of sp³-hybridized carbons (Fsp3) is 0.833. The van der Waals surface area contributed by atoms with Crippen LogP contribution in [0, 0.1) is 0 Å². The number of aromatic nitrogens is 2. The van der Waals surface area contributed by atoms with Crippen LogP contribution >= 0.6 is 0 Å². The Kier molecular flexibility index (Phi) is 2.88. The fourth-order valence-electron chi connectivity index (χ4n) is 2.61. The minimum Gasteiger partial charge on any atom is -0.367 e. The summed E-state index contributed by atoms with van der Waals surface area (Å²) in [7, 11) is 0. The lowest BCUT2D eigenvalue weighted by Gasteiger charge is -2.20. The van der Waals surface area contributed by atoms with E-state index >= 15 is 0 Å². The number of rotatable bonds is 2. The molecule has 0 radical (unpaired) electrons. The number of nitrogens with one attached hydrogen (secondary N) is 1. The van der Waals surface area contributed by atoms with Gasteiger partial charge in [-0.2, -0.15) is 4.98 Å². The van der Waals surface area contributed by atoms with Crippen LogP contribution in [0.25, 0.3) is 0 Å². The van der Waals surface area contributed by atoms with Crippen LogP contribution in [0.3, 0.4) is 0 Å². The Labute approximate surface area is 101 Å². The molecule has 0 aliphatic carbocycles. The molecule has 5 nitrogen and oxygen atoms in total. The Morgan fingerprint density at radius 1 is 1.35 bits per heavy atom. The van der Waals surface area contributed by atoms with Crippen molar-refractivity contribution in [3.63, 3.8) is 0 Å². The highest BCUT2D eigenvalue weighted by Gasteiger charge is 2.37. The summed E-state index contributed by atoms with van der Waals surface area (Å²) in [6, 6.07) is 0.231. The SMILES string of the molecule is CC1(c2noc([C@@H]3CCCCN3)n2)CCCO1. The summed E-state index contributed by atoms with van der Waals surface area (Å²) in [6.07, 6.45) is 5.59. The van der Waals surface area contributed by atoms with E-state index in [4.69, 9.17) is 9.26 Å². The van der Waals surface area contributed by atoms with E-state index in [9.17, 15) is 0 Å². The molecular formula is C12H19N3O2. The van der Waals surface area contributed by atoms with Gasteiger partial charge in [0.15, 0.2) is 0 Å². The van der Waals surface area contributed by atoms with Crippen molar-refractivity contribution in [2.45, 2.75) is 50.7 Å². The molecule has 3 heterocycles. The van der Waals surface area contributed by atoms with Crippen molar-refractivity contribution in [2.24, 2.45) is 0 Å².